The second kappa shape index (κ2) is 23.2. The molecule has 0 aromatic carbocycles. The molecule has 0 N–H and O–H groups in total. The molecule has 0 aliphatic rings. The molecule has 0 spiro atoms. The van der Waals surface area contributed by atoms with E-state index in [1.165, 1.54) is 122 Å². The maximum Gasteiger partial charge on any atom is 0.237 e. The average Bonchev–Trinajstić information content (AvgIpc) is 2.60. The van der Waals surface area contributed by atoms with E-state index in [0.717, 1.165) is 11.8 Å². The minimum atomic E-state index is -1.33. The largest absolute Gasteiger partial charge is 0.237 e. The normalized spacial score (nSPS) is 11.5. The number of unbranched alkanes of at least 4 members (excludes halogenated alkanes) is 18. The van der Waals surface area contributed by atoms with Crippen LogP contribution in [0.4, 0.5) is 0 Å². The molecule has 0 atom stereocenters. The summed E-state index contributed by atoms with van der Waals surface area (Å²) in [7, 11) is -1.33. The number of thiol groups is 1. The Morgan fingerprint density at radius 3 is 0.880 bits per heavy atom. The highest BCUT2D eigenvalue weighted by Crippen LogP contribution is 2.15. The second-order valence-corrected chi connectivity index (χ2v) is 13.3. The number of halogens is 2. The van der Waals surface area contributed by atoms with E-state index >= 15 is 0 Å². The summed E-state index contributed by atoms with van der Waals surface area (Å²) in [5.41, 5.74) is 0. The minimum Gasteiger partial charge on any atom is -0.179 e. The van der Waals surface area contributed by atoms with Gasteiger partial charge in [-0.3, -0.25) is 0 Å². The monoisotopic (exact) mass is 426 g/mol. The van der Waals surface area contributed by atoms with Crippen molar-refractivity contribution in [2.45, 2.75) is 128 Å². The van der Waals surface area contributed by atoms with E-state index < -0.39 is 7.42 Å². The van der Waals surface area contributed by atoms with Gasteiger partial charge in [0, 0.05) is 0 Å². The molecule has 0 heterocycles. The molecular weight excluding hydrogens is 383 g/mol. The van der Waals surface area contributed by atoms with Crippen molar-refractivity contribution in [1.82, 2.24) is 0 Å². The highest BCUT2D eigenvalue weighted by molar-refractivity contribution is 7.80. The van der Waals surface area contributed by atoms with E-state index in [1.54, 1.807) is 0 Å². The standard InChI is InChI=1S/C21H44Cl2SSi/c22-25(23)21-19-17-15-13-11-9-7-5-3-1-2-4-6-8-10-12-14-16-18-20-24/h24-25H,1-21H2. The van der Waals surface area contributed by atoms with Crippen molar-refractivity contribution >= 4 is 42.2 Å². The van der Waals surface area contributed by atoms with Crippen molar-refractivity contribution in [1.29, 1.82) is 0 Å². The summed E-state index contributed by atoms with van der Waals surface area (Å²) < 4.78 is 0. The Bertz CT molecular complexity index is 240. The first-order chi connectivity index (χ1) is 12.3. The lowest BCUT2D eigenvalue weighted by Gasteiger charge is -2.04. The van der Waals surface area contributed by atoms with Crippen LogP contribution in [0.25, 0.3) is 0 Å². The highest BCUT2D eigenvalue weighted by Gasteiger charge is 2.00. The molecule has 0 rings (SSSR count). The van der Waals surface area contributed by atoms with E-state index in [1.807, 2.05) is 0 Å². The average molecular weight is 428 g/mol. The summed E-state index contributed by atoms with van der Waals surface area (Å²) in [4.78, 5) is 0. The topological polar surface area (TPSA) is 0 Å². The predicted octanol–water partition coefficient (Wildman–Crippen LogP) is 9.03. The first-order valence-electron chi connectivity index (χ1n) is 11.2. The lowest BCUT2D eigenvalue weighted by molar-refractivity contribution is 0.524. The van der Waals surface area contributed by atoms with Crippen LogP contribution in [0.5, 0.6) is 0 Å². The van der Waals surface area contributed by atoms with Crippen molar-refractivity contribution in [3.8, 4) is 0 Å². The summed E-state index contributed by atoms with van der Waals surface area (Å²) in [6.07, 6.45) is 26.9. The van der Waals surface area contributed by atoms with Gasteiger partial charge in [0.05, 0.1) is 0 Å². The molecule has 0 bridgehead atoms. The maximum absolute atomic E-state index is 5.87. The Balaban J connectivity index is 2.96. The fourth-order valence-corrected chi connectivity index (χ4v) is 5.16. The number of rotatable bonds is 21. The summed E-state index contributed by atoms with van der Waals surface area (Å²) in [6.45, 7) is 0. The quantitative estimate of drug-likeness (QED) is 0.0803. The molecule has 152 valence electrons. The van der Waals surface area contributed by atoms with Crippen LogP contribution in [0.3, 0.4) is 0 Å². The molecule has 0 aliphatic heterocycles. The van der Waals surface area contributed by atoms with Gasteiger partial charge in [-0.05, 0) is 18.2 Å². The van der Waals surface area contributed by atoms with E-state index in [2.05, 4.69) is 12.6 Å². The Morgan fingerprint density at radius 1 is 0.400 bits per heavy atom. The second-order valence-electron chi connectivity index (χ2n) is 7.62. The zero-order valence-electron chi connectivity index (χ0n) is 16.6. The molecule has 25 heavy (non-hydrogen) atoms. The first-order valence-corrected chi connectivity index (χ1v) is 16.1. The summed E-state index contributed by atoms with van der Waals surface area (Å²) in [6, 6.07) is 1.10. The zero-order valence-corrected chi connectivity index (χ0v) is 20.2. The first kappa shape index (κ1) is 26.1. The van der Waals surface area contributed by atoms with Gasteiger partial charge in [0.2, 0.25) is 7.42 Å². The van der Waals surface area contributed by atoms with Crippen LogP contribution in [0, 0.1) is 0 Å². The third-order valence-electron chi connectivity index (χ3n) is 5.08. The van der Waals surface area contributed by atoms with Gasteiger partial charge in [0.25, 0.3) is 0 Å². The molecule has 0 saturated carbocycles. The third-order valence-corrected chi connectivity index (χ3v) is 7.55. The maximum atomic E-state index is 5.87. The van der Waals surface area contributed by atoms with Crippen LogP contribution < -0.4 is 0 Å². The van der Waals surface area contributed by atoms with Crippen LogP contribution in [0.1, 0.15) is 122 Å². The molecule has 0 unspecified atom stereocenters. The van der Waals surface area contributed by atoms with Gasteiger partial charge in [-0.25, -0.2) is 0 Å². The van der Waals surface area contributed by atoms with Gasteiger partial charge in [-0.2, -0.15) is 34.8 Å². The fraction of sp³-hybridized carbons (Fsp3) is 1.00. The van der Waals surface area contributed by atoms with Crippen LogP contribution >= 0.6 is 34.8 Å². The van der Waals surface area contributed by atoms with Crippen molar-refractivity contribution in [2.24, 2.45) is 0 Å². The van der Waals surface area contributed by atoms with Crippen molar-refractivity contribution in [3.05, 3.63) is 0 Å². The van der Waals surface area contributed by atoms with Gasteiger partial charge in [-0.15, -0.1) is 0 Å². The highest BCUT2D eigenvalue weighted by atomic mass is 35.7. The van der Waals surface area contributed by atoms with Crippen molar-refractivity contribution < 1.29 is 0 Å². The van der Waals surface area contributed by atoms with Crippen LogP contribution in [0.2, 0.25) is 6.04 Å². The van der Waals surface area contributed by atoms with Crippen molar-refractivity contribution in [3.63, 3.8) is 0 Å². The SMILES string of the molecule is SCCCCCCCCCCCCCCCCCCCCC[SiH](Cl)Cl. The van der Waals surface area contributed by atoms with E-state index in [9.17, 15) is 0 Å². The third kappa shape index (κ3) is 25.1. The molecule has 0 aromatic rings. The fourth-order valence-electron chi connectivity index (χ4n) is 3.42. The number of hydrogen-bond acceptors (Lipinski definition) is 1. The van der Waals surface area contributed by atoms with Crippen LogP contribution in [0.15, 0.2) is 0 Å². The van der Waals surface area contributed by atoms with Gasteiger partial charge < -0.3 is 0 Å². The van der Waals surface area contributed by atoms with Crippen LogP contribution in [-0.2, 0) is 0 Å². The molecule has 0 radical (unpaired) electrons. The van der Waals surface area contributed by atoms with Crippen LogP contribution in [-0.4, -0.2) is 13.2 Å². The van der Waals surface area contributed by atoms with E-state index in [-0.39, 0.29) is 0 Å². The number of hydrogen-bond donors (Lipinski definition) is 1. The molecule has 4 heteroatoms. The molecule has 0 fully saturated rings. The van der Waals surface area contributed by atoms with E-state index in [4.69, 9.17) is 22.2 Å². The predicted molar refractivity (Wildman–Crippen MR) is 125 cm³/mol. The lowest BCUT2D eigenvalue weighted by atomic mass is 10.0. The minimum absolute atomic E-state index is 1.06. The molecule has 0 nitrogen and oxygen atoms in total. The van der Waals surface area contributed by atoms with Gasteiger partial charge in [-0.1, -0.05) is 116 Å². The van der Waals surface area contributed by atoms with Gasteiger partial charge in [0.1, 0.15) is 0 Å². The van der Waals surface area contributed by atoms with Crippen molar-refractivity contribution in [2.75, 3.05) is 5.75 Å². The van der Waals surface area contributed by atoms with Gasteiger partial charge >= 0.3 is 0 Å². The smallest absolute Gasteiger partial charge is 0.179 e. The molecular formula is C21H44Cl2SSi. The lowest BCUT2D eigenvalue weighted by Crippen LogP contribution is -1.91. The summed E-state index contributed by atoms with van der Waals surface area (Å²) in [5, 5.41) is 0. The molecule has 0 amide bonds. The summed E-state index contributed by atoms with van der Waals surface area (Å²) >= 11 is 16.0. The van der Waals surface area contributed by atoms with Gasteiger partial charge in [0.15, 0.2) is 0 Å². The summed E-state index contributed by atoms with van der Waals surface area (Å²) in [5.74, 6) is 1.06. The Morgan fingerprint density at radius 2 is 0.640 bits per heavy atom. The Hall–Kier alpha value is 1.15. The molecule has 0 aliphatic carbocycles. The zero-order chi connectivity index (χ0) is 18.4. The Kier molecular flexibility index (Phi) is 24.3. The molecule has 0 saturated heterocycles. The Labute approximate surface area is 175 Å². The molecule has 0 aromatic heterocycles. The van der Waals surface area contributed by atoms with E-state index in [0.29, 0.717) is 0 Å².